The van der Waals surface area contributed by atoms with Crippen molar-refractivity contribution < 1.29 is 31.6 Å². The van der Waals surface area contributed by atoms with Crippen molar-refractivity contribution in [2.24, 2.45) is 0 Å². The summed E-state index contributed by atoms with van der Waals surface area (Å²) in [4.78, 5) is 13.0. The monoisotopic (exact) mass is 400 g/mol. The Hall–Kier alpha value is -1.46. The Labute approximate surface area is 171 Å². The van der Waals surface area contributed by atoms with Crippen LogP contribution in [0.15, 0.2) is 24.3 Å². The van der Waals surface area contributed by atoms with Crippen LogP contribution in [0.3, 0.4) is 0 Å². The van der Waals surface area contributed by atoms with E-state index in [1.54, 1.807) is 0 Å². The summed E-state index contributed by atoms with van der Waals surface area (Å²) in [5.74, 6) is 0.781. The van der Waals surface area contributed by atoms with E-state index in [1.807, 2.05) is 38.4 Å². The summed E-state index contributed by atoms with van der Waals surface area (Å²) in [6.07, 6.45) is 9.86. The molecule has 0 aliphatic carbocycles. The third-order valence-electron chi connectivity index (χ3n) is 4.18. The summed E-state index contributed by atoms with van der Waals surface area (Å²) in [6.45, 7) is 4.16. The molecule has 6 heteroatoms. The van der Waals surface area contributed by atoms with Gasteiger partial charge < -0.3 is 26.8 Å². The number of hydrogen-bond acceptors (Lipinski definition) is 3. The van der Waals surface area contributed by atoms with E-state index < -0.39 is 6.09 Å². The van der Waals surface area contributed by atoms with E-state index in [-0.39, 0.29) is 12.4 Å². The lowest BCUT2D eigenvalue weighted by Crippen LogP contribution is -3.06. The smallest absolute Gasteiger partial charge is 0.411 e. The number of ether oxygens (including phenoxy) is 2. The number of rotatable bonds is 14. The molecule has 0 unspecified atom stereocenters. The first-order chi connectivity index (χ1) is 12.6. The van der Waals surface area contributed by atoms with Gasteiger partial charge in [-0.25, -0.2) is 4.79 Å². The highest BCUT2D eigenvalue weighted by Crippen LogP contribution is 2.18. The predicted octanol–water partition coefficient (Wildman–Crippen LogP) is 0.903. The number of halogens is 1. The highest BCUT2D eigenvalue weighted by Gasteiger charge is 2.05. The Morgan fingerprint density at radius 2 is 1.67 bits per heavy atom. The summed E-state index contributed by atoms with van der Waals surface area (Å²) in [5, 5.41) is 2.74. The second kappa shape index (κ2) is 16.7. The van der Waals surface area contributed by atoms with Gasteiger partial charge in [0.2, 0.25) is 0 Å². The maximum Gasteiger partial charge on any atom is 0.411 e. The van der Waals surface area contributed by atoms with E-state index in [9.17, 15) is 4.79 Å². The number of likely N-dealkylation sites (N-methyl/N-ethyl adjacent to an activating group) is 1. The van der Waals surface area contributed by atoms with Crippen molar-refractivity contribution in [3.63, 3.8) is 0 Å². The number of quaternary nitrogens is 1. The molecule has 0 heterocycles. The minimum absolute atomic E-state index is 0. The summed E-state index contributed by atoms with van der Waals surface area (Å²) < 4.78 is 10.9. The maximum atomic E-state index is 11.7. The average molecular weight is 401 g/mol. The molecule has 0 aliphatic heterocycles. The van der Waals surface area contributed by atoms with Gasteiger partial charge in [-0.2, -0.15) is 0 Å². The molecular weight excluding hydrogens is 364 g/mol. The van der Waals surface area contributed by atoms with Gasteiger partial charge >= 0.3 is 6.09 Å². The molecule has 0 saturated carbocycles. The van der Waals surface area contributed by atoms with Crippen molar-refractivity contribution in [1.29, 1.82) is 0 Å². The van der Waals surface area contributed by atoms with Crippen LogP contribution in [0.2, 0.25) is 0 Å². The van der Waals surface area contributed by atoms with Gasteiger partial charge in [0, 0.05) is 11.8 Å². The van der Waals surface area contributed by atoms with Crippen LogP contribution in [0.25, 0.3) is 0 Å². The Morgan fingerprint density at radius 1 is 1.00 bits per heavy atom. The molecule has 0 bridgehead atoms. The van der Waals surface area contributed by atoms with Crippen LogP contribution in [0.5, 0.6) is 5.75 Å². The first-order valence-electron chi connectivity index (χ1n) is 10.1. The van der Waals surface area contributed by atoms with Crippen LogP contribution >= 0.6 is 0 Å². The van der Waals surface area contributed by atoms with Crippen molar-refractivity contribution in [1.82, 2.24) is 0 Å². The molecule has 0 aliphatic rings. The van der Waals surface area contributed by atoms with E-state index in [0.29, 0.717) is 18.9 Å². The van der Waals surface area contributed by atoms with Gasteiger partial charge in [-0.1, -0.05) is 57.9 Å². The second-order valence-electron chi connectivity index (χ2n) is 7.07. The molecule has 0 aromatic heterocycles. The first-order valence-corrected chi connectivity index (χ1v) is 10.1. The largest absolute Gasteiger partial charge is 1.00 e. The summed E-state index contributed by atoms with van der Waals surface area (Å²) in [6, 6.07) is 7.46. The minimum Gasteiger partial charge on any atom is -1.00 e. The van der Waals surface area contributed by atoms with Gasteiger partial charge in [0.05, 0.1) is 20.7 Å². The first kappa shape index (κ1) is 25.5. The van der Waals surface area contributed by atoms with Crippen LogP contribution in [0.4, 0.5) is 10.5 Å². The summed E-state index contributed by atoms with van der Waals surface area (Å²) in [5.41, 5.74) is 0.695. The molecule has 27 heavy (non-hydrogen) atoms. The molecule has 1 aromatic rings. The van der Waals surface area contributed by atoms with E-state index in [2.05, 4.69) is 12.2 Å². The Kier molecular flexibility index (Phi) is 15.8. The topological polar surface area (TPSA) is 52.0 Å². The van der Waals surface area contributed by atoms with Crippen LogP contribution < -0.4 is 27.4 Å². The second-order valence-corrected chi connectivity index (χ2v) is 7.07. The molecule has 1 rings (SSSR count). The lowest BCUT2D eigenvalue weighted by molar-refractivity contribution is -0.858. The molecule has 0 fully saturated rings. The number of carbonyl (C=O) groups excluding carboxylic acids is 1. The van der Waals surface area contributed by atoms with E-state index in [4.69, 9.17) is 9.47 Å². The average Bonchev–Trinajstić information content (AvgIpc) is 2.60. The molecule has 5 nitrogen and oxygen atoms in total. The lowest BCUT2D eigenvalue weighted by atomic mass is 10.1. The van der Waals surface area contributed by atoms with Gasteiger partial charge in [-0.3, -0.25) is 5.32 Å². The van der Waals surface area contributed by atoms with Crippen LogP contribution in [-0.2, 0) is 4.74 Å². The SMILES string of the molecule is CCCCCCCCCCOc1cccc(NC(=O)OCC[NH+](C)C)c1.[Cl-]. The molecule has 1 aromatic carbocycles. The minimum atomic E-state index is -0.425. The summed E-state index contributed by atoms with van der Waals surface area (Å²) in [7, 11) is 4.04. The fourth-order valence-electron chi connectivity index (χ4n) is 2.59. The number of amides is 1. The van der Waals surface area contributed by atoms with Crippen molar-refractivity contribution in [2.45, 2.75) is 58.3 Å². The highest BCUT2D eigenvalue weighted by atomic mass is 35.5. The Bertz CT molecular complexity index is 498. The zero-order valence-electron chi connectivity index (χ0n) is 17.2. The van der Waals surface area contributed by atoms with Crippen molar-refractivity contribution in [3.8, 4) is 5.75 Å². The number of benzene rings is 1. The van der Waals surface area contributed by atoms with Crippen LogP contribution in [0, 0.1) is 0 Å². The van der Waals surface area contributed by atoms with E-state index >= 15 is 0 Å². The van der Waals surface area contributed by atoms with Crippen LogP contribution in [0.1, 0.15) is 58.3 Å². The van der Waals surface area contributed by atoms with Crippen LogP contribution in [-0.4, -0.2) is 39.9 Å². The normalized spacial score (nSPS) is 10.4. The van der Waals surface area contributed by atoms with Crippen molar-refractivity contribution in [2.75, 3.05) is 39.2 Å². The predicted molar refractivity (Wildman–Crippen MR) is 107 cm³/mol. The molecule has 2 N–H and O–H groups in total. The lowest BCUT2D eigenvalue weighted by Gasteiger charge is -2.10. The third-order valence-corrected chi connectivity index (χ3v) is 4.18. The van der Waals surface area contributed by atoms with Gasteiger partial charge in [-0.05, 0) is 18.6 Å². The highest BCUT2D eigenvalue weighted by molar-refractivity contribution is 5.84. The van der Waals surface area contributed by atoms with Crippen molar-refractivity contribution in [3.05, 3.63) is 24.3 Å². The standard InChI is InChI=1S/C21H36N2O3.ClH/c1-4-5-6-7-8-9-10-11-16-25-20-14-12-13-19(18-20)22-21(24)26-17-15-23(2)3;/h12-14,18H,4-11,15-17H2,1-3H3,(H,22,24);1H. The molecule has 0 saturated heterocycles. The Balaban J connectivity index is 0.00000676. The van der Waals surface area contributed by atoms with Crippen molar-refractivity contribution >= 4 is 11.8 Å². The number of hydrogen-bond donors (Lipinski definition) is 2. The third kappa shape index (κ3) is 14.3. The number of nitrogens with one attached hydrogen (secondary N) is 2. The molecule has 156 valence electrons. The summed E-state index contributed by atoms with van der Waals surface area (Å²) >= 11 is 0. The fourth-order valence-corrected chi connectivity index (χ4v) is 2.59. The maximum absolute atomic E-state index is 11.7. The zero-order valence-corrected chi connectivity index (χ0v) is 17.9. The van der Waals surface area contributed by atoms with Gasteiger partial charge in [0.25, 0.3) is 0 Å². The fraction of sp³-hybridized carbons (Fsp3) is 0.667. The van der Waals surface area contributed by atoms with E-state index in [1.165, 1.54) is 49.8 Å². The molecular formula is C21H37ClN2O3. The van der Waals surface area contributed by atoms with Gasteiger partial charge in [0.1, 0.15) is 18.9 Å². The molecule has 0 atom stereocenters. The molecule has 0 spiro atoms. The van der Waals surface area contributed by atoms with E-state index in [0.717, 1.165) is 18.7 Å². The molecule has 1 amide bonds. The van der Waals surface area contributed by atoms with Gasteiger partial charge in [-0.15, -0.1) is 0 Å². The number of carbonyl (C=O) groups is 1. The number of anilines is 1. The quantitative estimate of drug-likeness (QED) is 0.456. The Morgan fingerprint density at radius 3 is 2.33 bits per heavy atom. The zero-order chi connectivity index (χ0) is 19.0. The number of unbranched alkanes of at least 4 members (excludes halogenated alkanes) is 7. The molecule has 0 radical (unpaired) electrons. The van der Waals surface area contributed by atoms with Gasteiger partial charge in [0.15, 0.2) is 0 Å².